The van der Waals surface area contributed by atoms with Gasteiger partial charge in [0.25, 0.3) is 0 Å². The lowest BCUT2D eigenvalue weighted by Crippen LogP contribution is -2.39. The fraction of sp³-hybridized carbons (Fsp3) is 0.308. The fourth-order valence-electron chi connectivity index (χ4n) is 4.19. The molecule has 0 spiro atoms. The highest BCUT2D eigenvalue weighted by atomic mass is 79.9. The zero-order valence-corrected chi connectivity index (χ0v) is 21.4. The molecule has 172 valence electrons. The molecule has 0 unspecified atom stereocenters. The van der Waals surface area contributed by atoms with E-state index in [1.807, 2.05) is 42.8 Å². The summed E-state index contributed by atoms with van der Waals surface area (Å²) in [6.07, 6.45) is 9.50. The third-order valence-electron chi connectivity index (χ3n) is 6.01. The molecule has 0 saturated carbocycles. The van der Waals surface area contributed by atoms with Crippen molar-refractivity contribution >= 4 is 44.6 Å². The molecule has 0 bridgehead atoms. The Morgan fingerprint density at radius 2 is 2.06 bits per heavy atom. The molecule has 3 heterocycles. The summed E-state index contributed by atoms with van der Waals surface area (Å²) in [7, 11) is 0. The van der Waals surface area contributed by atoms with Gasteiger partial charge in [-0.05, 0) is 38.3 Å². The second kappa shape index (κ2) is 10.7. The summed E-state index contributed by atoms with van der Waals surface area (Å²) in [4.78, 5) is 7.36. The first-order valence-electron chi connectivity index (χ1n) is 11.2. The zero-order chi connectivity index (χ0) is 23.4. The van der Waals surface area contributed by atoms with Crippen molar-refractivity contribution < 1.29 is 0 Å². The third-order valence-corrected chi connectivity index (χ3v) is 7.21. The number of anilines is 1. The Morgan fingerprint density at radius 3 is 2.76 bits per heavy atom. The summed E-state index contributed by atoms with van der Waals surface area (Å²) in [6, 6.07) is 10.9. The lowest BCUT2D eigenvalue weighted by atomic mass is 10.0. The normalized spacial score (nSPS) is 16.4. The second-order valence-corrected chi connectivity index (χ2v) is 9.59. The second-order valence-electron chi connectivity index (χ2n) is 8.33. The van der Waals surface area contributed by atoms with Gasteiger partial charge in [-0.25, -0.2) is 4.98 Å². The summed E-state index contributed by atoms with van der Waals surface area (Å²) >= 11 is 10.2. The number of nitrogens with one attached hydrogen (secondary N) is 1. The average Bonchev–Trinajstić information content (AvgIpc) is 3.20. The molecular formula is C26H29BrClN5. The third kappa shape index (κ3) is 5.40. The van der Waals surface area contributed by atoms with Gasteiger partial charge in [0.1, 0.15) is 5.82 Å². The molecule has 0 atom stereocenters. The number of benzene rings is 1. The fourth-order valence-corrected chi connectivity index (χ4v) is 4.76. The van der Waals surface area contributed by atoms with Gasteiger partial charge < -0.3 is 5.32 Å². The van der Waals surface area contributed by atoms with E-state index >= 15 is 0 Å². The molecule has 4 rings (SSSR count). The van der Waals surface area contributed by atoms with E-state index < -0.39 is 0 Å². The minimum Gasteiger partial charge on any atom is -0.367 e. The van der Waals surface area contributed by atoms with Crippen molar-refractivity contribution in [2.24, 2.45) is 0 Å². The first-order valence-corrected chi connectivity index (χ1v) is 12.4. The number of likely N-dealkylation sites (tertiary alicyclic amines) is 1. The smallest absolute Gasteiger partial charge is 0.160 e. The van der Waals surface area contributed by atoms with E-state index in [1.54, 1.807) is 6.08 Å². The number of nitrogens with zero attached hydrogens (tertiary/aromatic N) is 4. The van der Waals surface area contributed by atoms with Gasteiger partial charge in [-0.1, -0.05) is 70.5 Å². The number of halogens is 2. The largest absolute Gasteiger partial charge is 0.367 e. The number of allylic oxidation sites excluding steroid dienone is 5. The highest BCUT2D eigenvalue weighted by Crippen LogP contribution is 2.29. The van der Waals surface area contributed by atoms with Crippen LogP contribution in [0.3, 0.4) is 0 Å². The Labute approximate surface area is 209 Å². The van der Waals surface area contributed by atoms with Gasteiger partial charge in [0, 0.05) is 52.4 Å². The van der Waals surface area contributed by atoms with Gasteiger partial charge in [0.15, 0.2) is 5.65 Å². The molecule has 7 heteroatoms. The molecule has 5 nitrogen and oxygen atoms in total. The van der Waals surface area contributed by atoms with Gasteiger partial charge in [0.2, 0.25) is 0 Å². The van der Waals surface area contributed by atoms with Gasteiger partial charge in [-0.2, -0.15) is 9.61 Å². The Balaban J connectivity index is 1.53. The molecule has 1 fully saturated rings. The summed E-state index contributed by atoms with van der Waals surface area (Å²) in [5.41, 5.74) is 4.85. The van der Waals surface area contributed by atoms with Crippen molar-refractivity contribution in [3.8, 4) is 0 Å². The molecule has 2 aromatic heterocycles. The number of aryl methyl sites for hydroxylation is 1. The van der Waals surface area contributed by atoms with Crippen molar-refractivity contribution in [2.75, 3.05) is 18.4 Å². The highest BCUT2D eigenvalue weighted by molar-refractivity contribution is 9.10. The maximum atomic E-state index is 6.50. The van der Waals surface area contributed by atoms with Crippen molar-refractivity contribution in [2.45, 2.75) is 39.3 Å². The van der Waals surface area contributed by atoms with Gasteiger partial charge in [-0.3, -0.25) is 4.90 Å². The first-order chi connectivity index (χ1) is 16.0. The van der Waals surface area contributed by atoms with Crippen LogP contribution in [-0.2, 0) is 6.54 Å². The maximum absolute atomic E-state index is 6.50. The minimum atomic E-state index is 0.368. The van der Waals surface area contributed by atoms with Crippen LogP contribution in [0.2, 0.25) is 0 Å². The molecule has 0 amide bonds. The summed E-state index contributed by atoms with van der Waals surface area (Å²) in [5, 5.41) is 8.95. The Hall–Kier alpha value is -2.41. The lowest BCUT2D eigenvalue weighted by Gasteiger charge is -2.33. The first kappa shape index (κ1) is 23.7. The summed E-state index contributed by atoms with van der Waals surface area (Å²) < 4.78 is 3.07. The van der Waals surface area contributed by atoms with Gasteiger partial charge in [-0.15, -0.1) is 0 Å². The van der Waals surface area contributed by atoms with E-state index in [9.17, 15) is 0 Å². The predicted molar refractivity (Wildman–Crippen MR) is 142 cm³/mol. The number of rotatable bonds is 7. The van der Waals surface area contributed by atoms with Gasteiger partial charge in [0.05, 0.1) is 11.9 Å². The van der Waals surface area contributed by atoms with Crippen molar-refractivity contribution in [3.63, 3.8) is 0 Å². The molecule has 1 N–H and O–H groups in total. The Bertz CT molecular complexity index is 1200. The molecule has 1 aliphatic rings. The number of hydrogen-bond acceptors (Lipinski definition) is 4. The van der Waals surface area contributed by atoms with Crippen LogP contribution < -0.4 is 5.32 Å². The van der Waals surface area contributed by atoms with Crippen LogP contribution in [0.4, 0.5) is 5.82 Å². The van der Waals surface area contributed by atoms with Crippen LogP contribution in [0.5, 0.6) is 0 Å². The Kier molecular flexibility index (Phi) is 7.68. The van der Waals surface area contributed by atoms with Crippen molar-refractivity contribution in [1.29, 1.82) is 0 Å². The van der Waals surface area contributed by atoms with Crippen LogP contribution in [-0.4, -0.2) is 38.6 Å². The zero-order valence-electron chi connectivity index (χ0n) is 19.1. The Morgan fingerprint density at radius 1 is 1.30 bits per heavy atom. The molecule has 1 aliphatic heterocycles. The van der Waals surface area contributed by atoms with Crippen LogP contribution >= 0.6 is 27.5 Å². The monoisotopic (exact) mass is 525 g/mol. The number of fused-ring (bicyclic) bond motifs is 1. The maximum Gasteiger partial charge on any atom is 0.160 e. The summed E-state index contributed by atoms with van der Waals surface area (Å²) in [6.45, 7) is 10.8. The molecule has 1 aromatic carbocycles. The highest BCUT2D eigenvalue weighted by Gasteiger charge is 2.22. The van der Waals surface area contributed by atoms with E-state index in [4.69, 9.17) is 16.6 Å². The van der Waals surface area contributed by atoms with Crippen LogP contribution in [0.25, 0.3) is 11.2 Å². The van der Waals surface area contributed by atoms with Crippen LogP contribution in [0, 0.1) is 6.92 Å². The van der Waals surface area contributed by atoms with Crippen molar-refractivity contribution in [3.05, 3.63) is 87.7 Å². The van der Waals surface area contributed by atoms with E-state index in [0.717, 1.165) is 60.8 Å². The number of hydrogen-bond donors (Lipinski definition) is 1. The van der Waals surface area contributed by atoms with Gasteiger partial charge >= 0.3 is 0 Å². The standard InChI is InChI=1S/C26H29BrClN5/c1-4-8-21(23(28)5-2)24-15-25(33-26(31-24)18(3)16-29-33)30-20-11-13-32(14-12-20)17-19-9-6-7-10-22(19)27/h4-10,15-16,20,30H,1,11-14,17H2,2-3H3/b21-8+,23-5+. The van der Waals surface area contributed by atoms with Crippen molar-refractivity contribution in [1.82, 2.24) is 19.5 Å². The summed E-state index contributed by atoms with van der Waals surface area (Å²) in [5.74, 6) is 0.933. The SMILES string of the molecule is C=C/C=C(\C(Cl)=C/C)c1cc(NC2CCN(Cc3ccccc3Br)CC2)n2ncc(C)c2n1. The molecular weight excluding hydrogens is 498 g/mol. The van der Waals surface area contributed by atoms with Crippen LogP contribution in [0.15, 0.2) is 70.8 Å². The average molecular weight is 527 g/mol. The quantitative estimate of drug-likeness (QED) is 0.353. The van der Waals surface area contributed by atoms with E-state index in [0.29, 0.717) is 11.1 Å². The van der Waals surface area contributed by atoms with Crippen LogP contribution in [0.1, 0.15) is 36.6 Å². The molecule has 0 radical (unpaired) electrons. The minimum absolute atomic E-state index is 0.368. The van der Waals surface area contributed by atoms with E-state index in [-0.39, 0.29) is 0 Å². The molecule has 1 saturated heterocycles. The van der Waals surface area contributed by atoms with E-state index in [2.05, 4.69) is 62.1 Å². The molecule has 3 aromatic rings. The molecule has 0 aliphatic carbocycles. The lowest BCUT2D eigenvalue weighted by molar-refractivity contribution is 0.211. The number of aromatic nitrogens is 3. The molecule has 33 heavy (non-hydrogen) atoms. The predicted octanol–water partition coefficient (Wildman–Crippen LogP) is 6.59. The van der Waals surface area contributed by atoms with E-state index in [1.165, 1.54) is 10.0 Å². The topological polar surface area (TPSA) is 45.5 Å². The number of piperidine rings is 1.